The van der Waals surface area contributed by atoms with Crippen LogP contribution in [0.5, 0.6) is 0 Å². The minimum atomic E-state index is -1.26. The van der Waals surface area contributed by atoms with Crippen molar-refractivity contribution in [2.75, 3.05) is 5.32 Å². The zero-order valence-electron chi connectivity index (χ0n) is 10.4. The van der Waals surface area contributed by atoms with E-state index in [4.69, 9.17) is 16.7 Å². The van der Waals surface area contributed by atoms with Gasteiger partial charge in [-0.25, -0.2) is 13.6 Å². The summed E-state index contributed by atoms with van der Waals surface area (Å²) in [6, 6.07) is 6.33. The van der Waals surface area contributed by atoms with E-state index in [1.54, 1.807) is 0 Å². The lowest BCUT2D eigenvalue weighted by Gasteiger charge is -2.08. The van der Waals surface area contributed by atoms with E-state index in [9.17, 15) is 18.4 Å². The number of halogens is 3. The van der Waals surface area contributed by atoms with Gasteiger partial charge in [0.2, 0.25) is 0 Å². The molecule has 0 aliphatic carbocycles. The lowest BCUT2D eigenvalue weighted by atomic mass is 10.1. The topological polar surface area (TPSA) is 66.4 Å². The first kappa shape index (κ1) is 14.9. The lowest BCUT2D eigenvalue weighted by Crippen LogP contribution is -2.14. The van der Waals surface area contributed by atoms with E-state index in [1.807, 2.05) is 0 Å². The van der Waals surface area contributed by atoms with Crippen molar-refractivity contribution in [1.29, 1.82) is 0 Å². The van der Waals surface area contributed by atoms with Crippen LogP contribution in [0, 0.1) is 11.6 Å². The summed E-state index contributed by atoms with van der Waals surface area (Å²) in [6.45, 7) is 0. The quantitative estimate of drug-likeness (QED) is 0.910. The Morgan fingerprint density at radius 2 is 1.76 bits per heavy atom. The average Bonchev–Trinajstić information content (AvgIpc) is 2.40. The molecule has 0 radical (unpaired) electrons. The molecule has 108 valence electrons. The van der Waals surface area contributed by atoms with Gasteiger partial charge in [-0.05, 0) is 30.3 Å². The zero-order valence-corrected chi connectivity index (χ0v) is 11.1. The van der Waals surface area contributed by atoms with Crippen molar-refractivity contribution in [3.05, 3.63) is 64.2 Å². The molecule has 0 aromatic heterocycles. The lowest BCUT2D eigenvalue weighted by molar-refractivity contribution is 0.0696. The van der Waals surface area contributed by atoms with E-state index in [0.29, 0.717) is 6.07 Å². The Labute approximate surface area is 123 Å². The van der Waals surface area contributed by atoms with Crippen molar-refractivity contribution in [2.24, 2.45) is 0 Å². The number of carboxylic acid groups (broad SMARTS) is 1. The molecular formula is C14H8ClF2NO3. The number of anilines is 1. The largest absolute Gasteiger partial charge is 0.478 e. The first-order chi connectivity index (χ1) is 9.88. The number of amides is 1. The summed E-state index contributed by atoms with van der Waals surface area (Å²) >= 11 is 5.69. The van der Waals surface area contributed by atoms with E-state index in [0.717, 1.165) is 18.2 Å². The summed E-state index contributed by atoms with van der Waals surface area (Å²) in [5, 5.41) is 11.2. The molecule has 0 fully saturated rings. The van der Waals surface area contributed by atoms with Crippen LogP contribution in [0.25, 0.3) is 0 Å². The van der Waals surface area contributed by atoms with Gasteiger partial charge in [-0.15, -0.1) is 0 Å². The van der Waals surface area contributed by atoms with Crippen molar-refractivity contribution in [3.8, 4) is 0 Å². The molecule has 7 heteroatoms. The minimum absolute atomic E-state index is 0.00783. The molecule has 21 heavy (non-hydrogen) atoms. The van der Waals surface area contributed by atoms with Gasteiger partial charge in [0.05, 0.1) is 16.1 Å². The van der Waals surface area contributed by atoms with Crippen molar-refractivity contribution >= 4 is 29.2 Å². The predicted molar refractivity (Wildman–Crippen MR) is 72.7 cm³/mol. The number of carboxylic acids is 1. The van der Waals surface area contributed by atoms with E-state index in [-0.39, 0.29) is 21.8 Å². The summed E-state index contributed by atoms with van der Waals surface area (Å²) in [5.41, 5.74) is -0.428. The van der Waals surface area contributed by atoms with Crippen LogP contribution in [0.4, 0.5) is 14.5 Å². The first-order valence-corrected chi connectivity index (χ1v) is 6.05. The molecule has 0 unspecified atom stereocenters. The number of rotatable bonds is 3. The second-order valence-electron chi connectivity index (χ2n) is 4.08. The van der Waals surface area contributed by atoms with Gasteiger partial charge in [0.15, 0.2) is 0 Å². The summed E-state index contributed by atoms with van der Waals surface area (Å²) in [6.07, 6.45) is 0. The van der Waals surface area contributed by atoms with Gasteiger partial charge in [-0.1, -0.05) is 11.6 Å². The molecule has 0 atom stereocenters. The number of nitrogens with one attached hydrogen (secondary N) is 1. The van der Waals surface area contributed by atoms with Crippen LogP contribution in [0.3, 0.4) is 0 Å². The first-order valence-electron chi connectivity index (χ1n) is 5.67. The van der Waals surface area contributed by atoms with Crippen LogP contribution >= 0.6 is 11.6 Å². The number of carbonyl (C=O) groups is 2. The molecule has 0 saturated carbocycles. The third-order valence-corrected chi connectivity index (χ3v) is 2.96. The highest BCUT2D eigenvalue weighted by Gasteiger charge is 2.15. The Morgan fingerprint density at radius 1 is 1.05 bits per heavy atom. The van der Waals surface area contributed by atoms with Gasteiger partial charge in [0.1, 0.15) is 11.6 Å². The van der Waals surface area contributed by atoms with E-state index in [1.165, 1.54) is 12.1 Å². The molecule has 0 aliphatic rings. The van der Waals surface area contributed by atoms with Gasteiger partial charge in [-0.3, -0.25) is 4.79 Å². The third-order valence-electron chi connectivity index (χ3n) is 2.63. The molecule has 2 aromatic rings. The molecule has 0 spiro atoms. The summed E-state index contributed by atoms with van der Waals surface area (Å²) < 4.78 is 26.2. The van der Waals surface area contributed by atoms with E-state index >= 15 is 0 Å². The molecule has 4 nitrogen and oxygen atoms in total. The van der Waals surface area contributed by atoms with Crippen LogP contribution in [-0.4, -0.2) is 17.0 Å². The van der Waals surface area contributed by atoms with Gasteiger partial charge in [0.25, 0.3) is 5.91 Å². The number of carbonyl (C=O) groups excluding carboxylic acids is 1. The summed E-state index contributed by atoms with van der Waals surface area (Å²) in [5.74, 6) is -3.90. The molecule has 0 aliphatic heterocycles. The van der Waals surface area contributed by atoms with Crippen LogP contribution in [-0.2, 0) is 0 Å². The van der Waals surface area contributed by atoms with Crippen molar-refractivity contribution in [2.45, 2.75) is 0 Å². The SMILES string of the molecule is O=C(Nc1ccc(Cl)c(C(=O)O)c1)c1ccc(F)cc1F. The monoisotopic (exact) mass is 311 g/mol. The number of hydrogen-bond donors (Lipinski definition) is 2. The van der Waals surface area contributed by atoms with Crippen molar-refractivity contribution in [3.63, 3.8) is 0 Å². The van der Waals surface area contributed by atoms with E-state index in [2.05, 4.69) is 5.32 Å². The Kier molecular flexibility index (Phi) is 4.18. The van der Waals surface area contributed by atoms with Crippen molar-refractivity contribution in [1.82, 2.24) is 0 Å². The van der Waals surface area contributed by atoms with Crippen molar-refractivity contribution < 1.29 is 23.5 Å². The maximum absolute atomic E-state index is 13.5. The fourth-order valence-electron chi connectivity index (χ4n) is 1.64. The van der Waals surface area contributed by atoms with Gasteiger partial charge in [0, 0.05) is 11.8 Å². The molecule has 0 heterocycles. The Bertz CT molecular complexity index is 734. The standard InChI is InChI=1S/C14H8ClF2NO3/c15-11-4-2-8(6-10(11)14(20)21)18-13(19)9-3-1-7(16)5-12(9)17/h1-6H,(H,18,19)(H,20,21). The zero-order chi connectivity index (χ0) is 15.6. The molecule has 0 saturated heterocycles. The van der Waals surface area contributed by atoms with Crippen LogP contribution in [0.15, 0.2) is 36.4 Å². The van der Waals surface area contributed by atoms with Gasteiger partial charge >= 0.3 is 5.97 Å². The molecule has 2 rings (SSSR count). The van der Waals surface area contributed by atoms with Gasteiger partial charge in [-0.2, -0.15) is 0 Å². The smallest absolute Gasteiger partial charge is 0.337 e. The summed E-state index contributed by atoms with van der Waals surface area (Å²) in [4.78, 5) is 22.8. The number of benzene rings is 2. The third kappa shape index (κ3) is 3.35. The normalized spacial score (nSPS) is 10.2. The second kappa shape index (κ2) is 5.88. The Morgan fingerprint density at radius 3 is 2.38 bits per heavy atom. The highest BCUT2D eigenvalue weighted by Crippen LogP contribution is 2.21. The van der Waals surface area contributed by atoms with Crippen LogP contribution in [0.1, 0.15) is 20.7 Å². The molecular weight excluding hydrogens is 304 g/mol. The maximum Gasteiger partial charge on any atom is 0.337 e. The Balaban J connectivity index is 2.27. The van der Waals surface area contributed by atoms with Gasteiger partial charge < -0.3 is 10.4 Å². The molecule has 0 bridgehead atoms. The molecule has 2 aromatic carbocycles. The minimum Gasteiger partial charge on any atom is -0.478 e. The predicted octanol–water partition coefficient (Wildman–Crippen LogP) is 3.57. The Hall–Kier alpha value is -2.47. The fraction of sp³-hybridized carbons (Fsp3) is 0. The highest BCUT2D eigenvalue weighted by molar-refractivity contribution is 6.33. The van der Waals surface area contributed by atoms with E-state index < -0.39 is 23.5 Å². The average molecular weight is 312 g/mol. The fourth-order valence-corrected chi connectivity index (χ4v) is 1.84. The second-order valence-corrected chi connectivity index (χ2v) is 4.49. The molecule has 1 amide bonds. The molecule has 2 N–H and O–H groups in total. The van der Waals surface area contributed by atoms with Crippen LogP contribution in [0.2, 0.25) is 5.02 Å². The van der Waals surface area contributed by atoms with Crippen LogP contribution < -0.4 is 5.32 Å². The highest BCUT2D eigenvalue weighted by atomic mass is 35.5. The summed E-state index contributed by atoms with van der Waals surface area (Å²) in [7, 11) is 0. The number of aromatic carboxylic acids is 1. The number of hydrogen-bond acceptors (Lipinski definition) is 2. The maximum atomic E-state index is 13.5.